The van der Waals surface area contributed by atoms with Crippen LogP contribution in [-0.2, 0) is 11.2 Å². The molecule has 1 heterocycles. The Morgan fingerprint density at radius 2 is 2.00 bits per heavy atom. The van der Waals surface area contributed by atoms with Crippen LogP contribution < -0.4 is 5.32 Å². The van der Waals surface area contributed by atoms with Crippen LogP contribution in [-0.4, -0.2) is 5.91 Å². The van der Waals surface area contributed by atoms with E-state index in [1.165, 1.54) is 0 Å². The Kier molecular flexibility index (Phi) is 4.19. The van der Waals surface area contributed by atoms with Crippen molar-refractivity contribution in [3.8, 4) is 0 Å². The quantitative estimate of drug-likeness (QED) is 0.896. The molecule has 0 fully saturated rings. The summed E-state index contributed by atoms with van der Waals surface area (Å²) in [5.74, 6) is 0.0333. The molecule has 0 bridgehead atoms. The van der Waals surface area contributed by atoms with Crippen molar-refractivity contribution in [3.63, 3.8) is 0 Å². The zero-order chi connectivity index (χ0) is 13.1. The van der Waals surface area contributed by atoms with Crippen molar-refractivity contribution in [2.24, 2.45) is 0 Å². The highest BCUT2D eigenvalue weighted by Crippen LogP contribution is 2.25. The summed E-state index contributed by atoms with van der Waals surface area (Å²) in [4.78, 5) is 13.0. The predicted octanol–water partition coefficient (Wildman–Crippen LogP) is 4.31. The second-order valence-corrected chi connectivity index (χ2v) is 6.17. The van der Waals surface area contributed by atoms with Gasteiger partial charge in [-0.25, -0.2) is 0 Å². The Morgan fingerprint density at radius 1 is 1.33 bits per heavy atom. The molecule has 0 saturated heterocycles. The van der Waals surface area contributed by atoms with Crippen molar-refractivity contribution in [2.75, 3.05) is 5.32 Å². The number of halogens is 1. The topological polar surface area (TPSA) is 29.1 Å². The van der Waals surface area contributed by atoms with Crippen LogP contribution in [0.15, 0.2) is 34.1 Å². The van der Waals surface area contributed by atoms with Crippen LogP contribution >= 0.6 is 27.3 Å². The van der Waals surface area contributed by atoms with E-state index in [9.17, 15) is 4.79 Å². The number of thiophene rings is 1. The largest absolute Gasteiger partial charge is 0.325 e. The first-order valence-electron chi connectivity index (χ1n) is 5.65. The molecule has 2 nitrogen and oxygen atoms in total. The molecule has 18 heavy (non-hydrogen) atoms. The van der Waals surface area contributed by atoms with E-state index in [1.807, 2.05) is 43.5 Å². The Balaban J connectivity index is 2.12. The summed E-state index contributed by atoms with van der Waals surface area (Å²) in [6.07, 6.45) is 0.437. The van der Waals surface area contributed by atoms with Gasteiger partial charge in [0.1, 0.15) is 0 Å². The van der Waals surface area contributed by atoms with Gasteiger partial charge in [-0.1, -0.05) is 22.0 Å². The predicted molar refractivity (Wildman–Crippen MR) is 80.3 cm³/mol. The number of nitrogens with one attached hydrogen (secondary N) is 1. The molecule has 0 aliphatic heterocycles. The third-order valence-electron chi connectivity index (χ3n) is 2.68. The van der Waals surface area contributed by atoms with E-state index in [4.69, 9.17) is 0 Å². The van der Waals surface area contributed by atoms with E-state index < -0.39 is 0 Å². The molecule has 1 N–H and O–H groups in total. The lowest BCUT2D eigenvalue weighted by Gasteiger charge is -2.12. The number of hydrogen-bond donors (Lipinski definition) is 1. The normalized spacial score (nSPS) is 10.4. The second-order valence-electron chi connectivity index (χ2n) is 4.22. The van der Waals surface area contributed by atoms with Crippen molar-refractivity contribution >= 4 is 38.9 Å². The van der Waals surface area contributed by atoms with Crippen molar-refractivity contribution in [1.29, 1.82) is 0 Å². The van der Waals surface area contributed by atoms with Crippen molar-refractivity contribution in [3.05, 3.63) is 50.1 Å². The highest BCUT2D eigenvalue weighted by Gasteiger charge is 2.09. The Hall–Kier alpha value is -1.13. The van der Waals surface area contributed by atoms with Crippen LogP contribution in [0.5, 0.6) is 0 Å². The zero-order valence-corrected chi connectivity index (χ0v) is 12.7. The average Bonchev–Trinajstić information content (AvgIpc) is 2.76. The number of benzene rings is 1. The number of rotatable bonds is 3. The van der Waals surface area contributed by atoms with Crippen molar-refractivity contribution < 1.29 is 4.79 Å². The standard InChI is InChI=1S/C14H14BrNOS/c1-9-6-11(15)7-10(2)14(9)16-13(17)8-12-4-3-5-18-12/h3-7H,8H2,1-2H3,(H,16,17). The summed E-state index contributed by atoms with van der Waals surface area (Å²) >= 11 is 5.06. The molecule has 4 heteroatoms. The molecular formula is C14H14BrNOS. The van der Waals surface area contributed by atoms with Crippen LogP contribution in [0.2, 0.25) is 0 Å². The number of amides is 1. The van der Waals surface area contributed by atoms with Crippen LogP contribution in [0.3, 0.4) is 0 Å². The molecule has 2 rings (SSSR count). The van der Waals surface area contributed by atoms with Gasteiger partial charge in [0.05, 0.1) is 6.42 Å². The molecule has 0 atom stereocenters. The molecule has 0 aliphatic rings. The summed E-state index contributed by atoms with van der Waals surface area (Å²) < 4.78 is 1.04. The fourth-order valence-electron chi connectivity index (χ4n) is 1.86. The number of aryl methyl sites for hydroxylation is 2. The van der Waals surface area contributed by atoms with Gasteiger partial charge in [0, 0.05) is 15.0 Å². The van der Waals surface area contributed by atoms with Gasteiger partial charge in [-0.15, -0.1) is 11.3 Å². The average molecular weight is 324 g/mol. The fourth-order valence-corrected chi connectivity index (χ4v) is 3.25. The fraction of sp³-hybridized carbons (Fsp3) is 0.214. The Bertz CT molecular complexity index is 540. The highest BCUT2D eigenvalue weighted by molar-refractivity contribution is 9.10. The van der Waals surface area contributed by atoms with Gasteiger partial charge < -0.3 is 5.32 Å². The zero-order valence-electron chi connectivity index (χ0n) is 10.3. The minimum absolute atomic E-state index is 0.0333. The van der Waals surface area contributed by atoms with Gasteiger partial charge in [0.2, 0.25) is 5.91 Å². The lowest BCUT2D eigenvalue weighted by Crippen LogP contribution is -2.15. The summed E-state index contributed by atoms with van der Waals surface area (Å²) in [5.41, 5.74) is 3.06. The lowest BCUT2D eigenvalue weighted by molar-refractivity contribution is -0.115. The Labute approximate surface area is 119 Å². The van der Waals surface area contributed by atoms with Gasteiger partial charge in [-0.2, -0.15) is 0 Å². The summed E-state index contributed by atoms with van der Waals surface area (Å²) in [7, 11) is 0. The molecule has 0 spiro atoms. The molecule has 1 aromatic heterocycles. The number of carbonyl (C=O) groups is 1. The molecule has 0 saturated carbocycles. The number of anilines is 1. The van der Waals surface area contributed by atoms with Gasteiger partial charge in [0.25, 0.3) is 0 Å². The van der Waals surface area contributed by atoms with Crippen molar-refractivity contribution in [1.82, 2.24) is 0 Å². The second kappa shape index (κ2) is 5.67. The van der Waals surface area contributed by atoms with E-state index in [0.29, 0.717) is 6.42 Å². The number of carbonyl (C=O) groups excluding carboxylic acids is 1. The van der Waals surface area contributed by atoms with Crippen LogP contribution in [0.25, 0.3) is 0 Å². The molecule has 1 amide bonds. The van der Waals surface area contributed by atoms with Crippen molar-refractivity contribution in [2.45, 2.75) is 20.3 Å². The summed E-state index contributed by atoms with van der Waals surface area (Å²) in [6.45, 7) is 4.00. The first-order valence-corrected chi connectivity index (χ1v) is 7.32. The molecule has 1 aromatic carbocycles. The van der Waals surface area contributed by atoms with Gasteiger partial charge in [-0.3, -0.25) is 4.79 Å². The van der Waals surface area contributed by atoms with Gasteiger partial charge in [0.15, 0.2) is 0 Å². The smallest absolute Gasteiger partial charge is 0.229 e. The first kappa shape index (κ1) is 13.3. The lowest BCUT2D eigenvalue weighted by atomic mass is 10.1. The van der Waals surface area contributed by atoms with Gasteiger partial charge in [-0.05, 0) is 48.6 Å². The maximum absolute atomic E-state index is 12.0. The summed E-state index contributed by atoms with van der Waals surface area (Å²) in [5, 5.41) is 4.98. The van der Waals surface area contributed by atoms with Crippen LogP contribution in [0.4, 0.5) is 5.69 Å². The third-order valence-corrected chi connectivity index (χ3v) is 4.01. The third kappa shape index (κ3) is 3.21. The monoisotopic (exact) mass is 323 g/mol. The minimum atomic E-state index is 0.0333. The highest BCUT2D eigenvalue weighted by atomic mass is 79.9. The molecule has 0 unspecified atom stereocenters. The molecule has 94 valence electrons. The maximum atomic E-state index is 12.0. The molecule has 0 radical (unpaired) electrons. The molecule has 0 aliphatic carbocycles. The molecule has 2 aromatic rings. The summed E-state index contributed by atoms with van der Waals surface area (Å²) in [6, 6.07) is 7.95. The van der Waals surface area contributed by atoms with Crippen LogP contribution in [0.1, 0.15) is 16.0 Å². The van der Waals surface area contributed by atoms with E-state index in [0.717, 1.165) is 26.2 Å². The SMILES string of the molecule is Cc1cc(Br)cc(C)c1NC(=O)Cc1cccs1. The Morgan fingerprint density at radius 3 is 2.56 bits per heavy atom. The van der Waals surface area contributed by atoms with Crippen LogP contribution in [0, 0.1) is 13.8 Å². The number of hydrogen-bond acceptors (Lipinski definition) is 2. The maximum Gasteiger partial charge on any atom is 0.229 e. The van der Waals surface area contributed by atoms with E-state index in [1.54, 1.807) is 11.3 Å². The first-order chi connectivity index (χ1) is 8.56. The van der Waals surface area contributed by atoms with E-state index >= 15 is 0 Å². The minimum Gasteiger partial charge on any atom is -0.325 e. The molecular weight excluding hydrogens is 310 g/mol. The van der Waals surface area contributed by atoms with E-state index in [2.05, 4.69) is 21.2 Å². The van der Waals surface area contributed by atoms with Gasteiger partial charge >= 0.3 is 0 Å². The van der Waals surface area contributed by atoms with E-state index in [-0.39, 0.29) is 5.91 Å².